The predicted octanol–water partition coefficient (Wildman–Crippen LogP) is 4.85. The summed E-state index contributed by atoms with van der Waals surface area (Å²) in [5, 5.41) is 4.58. The molecule has 0 radical (unpaired) electrons. The molecular weight excluding hydrogens is 438 g/mol. The zero-order valence-corrected chi connectivity index (χ0v) is 19.5. The van der Waals surface area contributed by atoms with E-state index in [0.29, 0.717) is 34.2 Å². The van der Waals surface area contributed by atoms with E-state index in [9.17, 15) is 4.79 Å². The number of fused-ring (bicyclic) bond motifs is 1. The Labute approximate surface area is 196 Å². The second kappa shape index (κ2) is 9.79. The van der Waals surface area contributed by atoms with Crippen molar-refractivity contribution in [3.63, 3.8) is 0 Å². The molecular formula is C25H25N3O4S. The number of nitrogens with zero attached hydrogens (tertiary/aromatic N) is 1. The van der Waals surface area contributed by atoms with Crippen molar-refractivity contribution in [1.82, 2.24) is 9.88 Å². The third-order valence-electron chi connectivity index (χ3n) is 5.30. The highest BCUT2D eigenvalue weighted by molar-refractivity contribution is 7.80. The van der Waals surface area contributed by atoms with E-state index >= 15 is 0 Å². The van der Waals surface area contributed by atoms with Gasteiger partial charge in [0.1, 0.15) is 5.76 Å². The number of hydrogen-bond acceptors (Lipinski definition) is 5. The Morgan fingerprint density at radius 2 is 1.79 bits per heavy atom. The minimum Gasteiger partial charge on any atom is -0.493 e. The number of ether oxygens (including phenoxy) is 2. The quantitative estimate of drug-likeness (QED) is 0.380. The van der Waals surface area contributed by atoms with E-state index in [4.69, 9.17) is 26.1 Å². The standard InChI is InChI=1S/C25H25N3O4S/c1-16-6-8-19(9-7-16)26-25(33)28(15-20-5-4-10-32-20)14-18-11-17-12-22(30-2)23(31-3)13-21(17)27-24(18)29/h4-13H,14-15H2,1-3H3,(H,26,33)(H,27,29). The highest BCUT2D eigenvalue weighted by Gasteiger charge is 2.16. The molecule has 0 atom stereocenters. The first-order valence-corrected chi connectivity index (χ1v) is 10.8. The maximum atomic E-state index is 12.9. The Morgan fingerprint density at radius 1 is 1.06 bits per heavy atom. The largest absolute Gasteiger partial charge is 0.493 e. The number of nitrogens with one attached hydrogen (secondary N) is 2. The Bertz CT molecular complexity index is 1310. The molecule has 0 bridgehead atoms. The second-order valence-electron chi connectivity index (χ2n) is 7.65. The van der Waals surface area contributed by atoms with Crippen molar-refractivity contribution in [3.8, 4) is 11.5 Å². The first-order chi connectivity index (χ1) is 16.0. The van der Waals surface area contributed by atoms with Crippen molar-refractivity contribution in [2.75, 3.05) is 19.5 Å². The number of H-pyrrole nitrogens is 1. The number of aromatic nitrogens is 1. The number of aryl methyl sites for hydroxylation is 1. The van der Waals surface area contributed by atoms with Crippen LogP contribution in [-0.2, 0) is 13.1 Å². The van der Waals surface area contributed by atoms with Crippen molar-refractivity contribution in [2.45, 2.75) is 20.0 Å². The van der Waals surface area contributed by atoms with Crippen LogP contribution in [0.4, 0.5) is 5.69 Å². The minimum atomic E-state index is -0.197. The lowest BCUT2D eigenvalue weighted by molar-refractivity contribution is 0.355. The Hall–Kier alpha value is -3.78. The monoisotopic (exact) mass is 463 g/mol. The van der Waals surface area contributed by atoms with Gasteiger partial charge < -0.3 is 29.1 Å². The topological polar surface area (TPSA) is 79.7 Å². The van der Waals surface area contributed by atoms with Crippen LogP contribution < -0.4 is 20.3 Å². The SMILES string of the molecule is COc1cc2cc(CN(Cc3ccco3)C(=S)Nc3ccc(C)cc3)c(=O)[nH]c2cc1OC. The zero-order chi connectivity index (χ0) is 23.4. The van der Waals surface area contributed by atoms with Crippen LogP contribution in [0.1, 0.15) is 16.9 Å². The molecule has 0 fully saturated rings. The molecule has 0 unspecified atom stereocenters. The van der Waals surface area contributed by atoms with Crippen LogP contribution in [0.3, 0.4) is 0 Å². The first-order valence-electron chi connectivity index (χ1n) is 10.4. The van der Waals surface area contributed by atoms with Gasteiger partial charge in [-0.05, 0) is 55.5 Å². The number of rotatable bonds is 7. The van der Waals surface area contributed by atoms with Crippen LogP contribution in [0.15, 0.2) is 70.1 Å². The average molecular weight is 464 g/mol. The van der Waals surface area contributed by atoms with E-state index < -0.39 is 0 Å². The van der Waals surface area contributed by atoms with E-state index in [1.807, 2.05) is 60.4 Å². The van der Waals surface area contributed by atoms with E-state index in [0.717, 1.165) is 22.4 Å². The van der Waals surface area contributed by atoms with Gasteiger partial charge in [-0.2, -0.15) is 0 Å². The van der Waals surface area contributed by atoms with Gasteiger partial charge in [-0.15, -0.1) is 0 Å². The fraction of sp³-hybridized carbons (Fsp3) is 0.200. The normalized spacial score (nSPS) is 10.8. The summed E-state index contributed by atoms with van der Waals surface area (Å²) in [6, 6.07) is 17.1. The minimum absolute atomic E-state index is 0.197. The van der Waals surface area contributed by atoms with Crippen LogP contribution in [0.25, 0.3) is 10.9 Å². The lowest BCUT2D eigenvalue weighted by Gasteiger charge is -2.25. The number of pyridine rings is 1. The molecule has 2 aromatic carbocycles. The van der Waals surface area contributed by atoms with Crippen molar-refractivity contribution < 1.29 is 13.9 Å². The summed E-state index contributed by atoms with van der Waals surface area (Å²) in [6.07, 6.45) is 1.62. The molecule has 0 amide bonds. The number of benzene rings is 2. The Morgan fingerprint density at radius 3 is 2.45 bits per heavy atom. The number of thiocarbonyl (C=S) groups is 1. The summed E-state index contributed by atoms with van der Waals surface area (Å²) in [7, 11) is 3.14. The number of hydrogen-bond donors (Lipinski definition) is 2. The summed E-state index contributed by atoms with van der Waals surface area (Å²) in [4.78, 5) is 17.7. The molecule has 2 aromatic heterocycles. The zero-order valence-electron chi connectivity index (χ0n) is 18.7. The molecule has 7 nitrogen and oxygen atoms in total. The maximum Gasteiger partial charge on any atom is 0.253 e. The third-order valence-corrected chi connectivity index (χ3v) is 5.66. The van der Waals surface area contributed by atoms with Crippen LogP contribution >= 0.6 is 12.2 Å². The number of furan rings is 1. The fourth-order valence-electron chi connectivity index (χ4n) is 3.53. The fourth-order valence-corrected chi connectivity index (χ4v) is 3.78. The van der Waals surface area contributed by atoms with Crippen LogP contribution in [0, 0.1) is 6.92 Å². The molecule has 0 saturated carbocycles. The van der Waals surface area contributed by atoms with Crippen molar-refractivity contribution in [3.05, 3.63) is 88.1 Å². The molecule has 0 aliphatic rings. The van der Waals surface area contributed by atoms with Gasteiger partial charge in [0.05, 0.1) is 39.1 Å². The number of aromatic amines is 1. The van der Waals surface area contributed by atoms with Crippen molar-refractivity contribution in [1.29, 1.82) is 0 Å². The molecule has 4 aromatic rings. The summed E-state index contributed by atoms with van der Waals surface area (Å²) < 4.78 is 16.3. The molecule has 0 spiro atoms. The van der Waals surface area contributed by atoms with Gasteiger partial charge in [0.25, 0.3) is 5.56 Å². The predicted molar refractivity (Wildman–Crippen MR) is 133 cm³/mol. The summed E-state index contributed by atoms with van der Waals surface area (Å²) in [5.41, 5.74) is 3.07. The molecule has 33 heavy (non-hydrogen) atoms. The molecule has 8 heteroatoms. The first kappa shape index (κ1) is 22.4. The van der Waals surface area contributed by atoms with E-state index in [2.05, 4.69) is 10.3 Å². The van der Waals surface area contributed by atoms with Crippen molar-refractivity contribution in [2.24, 2.45) is 0 Å². The van der Waals surface area contributed by atoms with Gasteiger partial charge >= 0.3 is 0 Å². The number of anilines is 1. The summed E-state index contributed by atoms with van der Waals surface area (Å²) in [6.45, 7) is 2.73. The molecule has 0 aliphatic carbocycles. The lowest BCUT2D eigenvalue weighted by atomic mass is 10.1. The van der Waals surface area contributed by atoms with Gasteiger partial charge in [0.2, 0.25) is 0 Å². The van der Waals surface area contributed by atoms with Crippen LogP contribution in [0.5, 0.6) is 11.5 Å². The molecule has 2 N–H and O–H groups in total. The van der Waals surface area contributed by atoms with Gasteiger partial charge in [0.15, 0.2) is 16.6 Å². The molecule has 4 rings (SSSR count). The van der Waals surface area contributed by atoms with Gasteiger partial charge in [-0.3, -0.25) is 4.79 Å². The third kappa shape index (κ3) is 5.18. The van der Waals surface area contributed by atoms with Crippen LogP contribution in [0.2, 0.25) is 0 Å². The highest BCUT2D eigenvalue weighted by Crippen LogP contribution is 2.31. The molecule has 0 aliphatic heterocycles. The van der Waals surface area contributed by atoms with E-state index in [1.54, 1.807) is 26.5 Å². The highest BCUT2D eigenvalue weighted by atomic mass is 32.1. The Kier molecular flexibility index (Phi) is 6.65. The maximum absolute atomic E-state index is 12.9. The average Bonchev–Trinajstić information content (AvgIpc) is 3.33. The second-order valence-corrected chi connectivity index (χ2v) is 8.04. The molecule has 170 valence electrons. The summed E-state index contributed by atoms with van der Waals surface area (Å²) >= 11 is 5.70. The lowest BCUT2D eigenvalue weighted by Crippen LogP contribution is -2.35. The van der Waals surface area contributed by atoms with Crippen molar-refractivity contribution >= 4 is 33.9 Å². The molecule has 2 heterocycles. The summed E-state index contributed by atoms with van der Waals surface area (Å²) in [5.74, 6) is 1.88. The van der Waals surface area contributed by atoms with E-state index in [-0.39, 0.29) is 12.1 Å². The Balaban J connectivity index is 1.65. The number of methoxy groups -OCH3 is 2. The smallest absolute Gasteiger partial charge is 0.253 e. The van der Waals surface area contributed by atoms with Gasteiger partial charge in [0, 0.05) is 22.7 Å². The van der Waals surface area contributed by atoms with Gasteiger partial charge in [-0.25, -0.2) is 0 Å². The van der Waals surface area contributed by atoms with Crippen LogP contribution in [-0.4, -0.2) is 29.2 Å². The van der Waals surface area contributed by atoms with E-state index in [1.165, 1.54) is 0 Å². The molecule has 0 saturated heterocycles. The van der Waals surface area contributed by atoms with Gasteiger partial charge in [-0.1, -0.05) is 17.7 Å².